The minimum absolute atomic E-state index is 0.155. The third kappa shape index (κ3) is 5.48. The largest absolute Gasteiger partial charge is 0.346 e. The van der Waals surface area contributed by atoms with Crippen LogP contribution in [0.1, 0.15) is 37.9 Å². The van der Waals surface area contributed by atoms with Crippen molar-refractivity contribution < 1.29 is 13.2 Å². The van der Waals surface area contributed by atoms with Gasteiger partial charge in [0.05, 0.1) is 10.9 Å². The van der Waals surface area contributed by atoms with Gasteiger partial charge in [0.15, 0.2) is 0 Å². The van der Waals surface area contributed by atoms with E-state index in [0.717, 1.165) is 11.1 Å². The smallest absolute Gasteiger partial charge is 0.244 e. The zero-order valence-corrected chi connectivity index (χ0v) is 16.6. The molecule has 6 nitrogen and oxygen atoms in total. The predicted molar refractivity (Wildman–Crippen MR) is 106 cm³/mol. The van der Waals surface area contributed by atoms with Crippen LogP contribution in [0.3, 0.4) is 0 Å². The lowest BCUT2D eigenvalue weighted by Crippen LogP contribution is -2.30. The Morgan fingerprint density at radius 3 is 2.41 bits per heavy atom. The van der Waals surface area contributed by atoms with Crippen molar-refractivity contribution in [2.45, 2.75) is 31.7 Å². The second-order valence-electron chi connectivity index (χ2n) is 6.01. The molecule has 0 radical (unpaired) electrons. The lowest BCUT2D eigenvalue weighted by molar-refractivity contribution is -0.117. The molecule has 7 heteroatoms. The SMILES string of the molecule is CCN(CC)S(=O)(=O)c1ccc(/C=C/C(=O)NC(C)c2cccnc2)cc1. The van der Waals surface area contributed by atoms with Crippen LogP contribution in [-0.4, -0.2) is 36.7 Å². The van der Waals surface area contributed by atoms with Gasteiger partial charge in [0, 0.05) is 31.6 Å². The molecule has 0 spiro atoms. The van der Waals surface area contributed by atoms with Gasteiger partial charge in [0.25, 0.3) is 0 Å². The molecule has 1 atom stereocenters. The molecular weight excluding hydrogens is 362 g/mol. The molecule has 0 fully saturated rings. The minimum atomic E-state index is -3.47. The molecule has 0 aliphatic heterocycles. The lowest BCUT2D eigenvalue weighted by Gasteiger charge is -2.18. The fraction of sp³-hybridized carbons (Fsp3) is 0.300. The number of nitrogens with one attached hydrogen (secondary N) is 1. The molecule has 1 N–H and O–H groups in total. The molecule has 2 rings (SSSR count). The van der Waals surface area contributed by atoms with E-state index in [1.807, 2.05) is 32.9 Å². The van der Waals surface area contributed by atoms with Gasteiger partial charge >= 0.3 is 0 Å². The second kappa shape index (κ2) is 9.43. The number of rotatable bonds is 8. The van der Waals surface area contributed by atoms with Crippen molar-refractivity contribution in [3.63, 3.8) is 0 Å². The summed E-state index contributed by atoms with van der Waals surface area (Å²) in [5.74, 6) is -0.230. The Morgan fingerprint density at radius 1 is 1.19 bits per heavy atom. The summed E-state index contributed by atoms with van der Waals surface area (Å²) in [7, 11) is -3.47. The van der Waals surface area contributed by atoms with Gasteiger partial charge in [-0.1, -0.05) is 32.0 Å². The van der Waals surface area contributed by atoms with E-state index in [1.165, 1.54) is 10.4 Å². The van der Waals surface area contributed by atoms with Crippen molar-refractivity contribution in [1.29, 1.82) is 0 Å². The number of amides is 1. The van der Waals surface area contributed by atoms with Gasteiger partial charge in [-0.25, -0.2) is 8.42 Å². The van der Waals surface area contributed by atoms with Crippen molar-refractivity contribution in [2.75, 3.05) is 13.1 Å². The number of hydrogen-bond acceptors (Lipinski definition) is 4. The van der Waals surface area contributed by atoms with E-state index in [0.29, 0.717) is 13.1 Å². The maximum Gasteiger partial charge on any atom is 0.244 e. The molecule has 0 saturated heterocycles. The highest BCUT2D eigenvalue weighted by Crippen LogP contribution is 2.17. The Morgan fingerprint density at radius 2 is 1.85 bits per heavy atom. The summed E-state index contributed by atoms with van der Waals surface area (Å²) in [4.78, 5) is 16.4. The van der Waals surface area contributed by atoms with Crippen molar-refractivity contribution in [3.8, 4) is 0 Å². The first-order chi connectivity index (χ1) is 12.9. The molecule has 2 aromatic rings. The standard InChI is InChI=1S/C20H25N3O3S/c1-4-23(5-2)27(25,26)19-11-8-17(9-12-19)10-13-20(24)22-16(3)18-7-6-14-21-15-18/h6-16H,4-5H2,1-3H3,(H,22,24)/b13-10+. The summed E-state index contributed by atoms with van der Waals surface area (Å²) in [5, 5.41) is 2.86. The van der Waals surface area contributed by atoms with Gasteiger partial charge in [0.1, 0.15) is 0 Å². The van der Waals surface area contributed by atoms with Crippen LogP contribution in [0.15, 0.2) is 59.8 Å². The normalized spacial score (nSPS) is 13.0. The third-order valence-electron chi connectivity index (χ3n) is 4.19. The monoisotopic (exact) mass is 387 g/mol. The first-order valence-corrected chi connectivity index (χ1v) is 10.3. The van der Waals surface area contributed by atoms with E-state index in [-0.39, 0.29) is 16.8 Å². The van der Waals surface area contributed by atoms with Crippen LogP contribution in [0.4, 0.5) is 0 Å². The van der Waals surface area contributed by atoms with Gasteiger partial charge in [0.2, 0.25) is 15.9 Å². The molecule has 27 heavy (non-hydrogen) atoms. The van der Waals surface area contributed by atoms with E-state index in [9.17, 15) is 13.2 Å². The van der Waals surface area contributed by atoms with E-state index in [4.69, 9.17) is 0 Å². The number of pyridine rings is 1. The Kier molecular flexibility index (Phi) is 7.27. The molecular formula is C20H25N3O3S. The molecule has 1 amide bonds. The topological polar surface area (TPSA) is 79.4 Å². The quantitative estimate of drug-likeness (QED) is 0.706. The number of hydrogen-bond donors (Lipinski definition) is 1. The second-order valence-corrected chi connectivity index (χ2v) is 7.95. The number of carbonyl (C=O) groups excluding carboxylic acids is 1. The maximum absolute atomic E-state index is 12.5. The van der Waals surface area contributed by atoms with Gasteiger partial charge in [-0.3, -0.25) is 9.78 Å². The summed E-state index contributed by atoms with van der Waals surface area (Å²) in [6.45, 7) is 6.35. The molecule has 1 aromatic heterocycles. The van der Waals surface area contributed by atoms with E-state index < -0.39 is 10.0 Å². The van der Waals surface area contributed by atoms with Gasteiger partial charge in [-0.05, 0) is 42.3 Å². The van der Waals surface area contributed by atoms with E-state index in [2.05, 4.69) is 10.3 Å². The number of carbonyl (C=O) groups is 1. The highest BCUT2D eigenvalue weighted by atomic mass is 32.2. The van der Waals surface area contributed by atoms with Crippen molar-refractivity contribution in [2.24, 2.45) is 0 Å². The molecule has 0 bridgehead atoms. The van der Waals surface area contributed by atoms with Gasteiger partial charge in [-0.15, -0.1) is 0 Å². The van der Waals surface area contributed by atoms with Crippen LogP contribution >= 0.6 is 0 Å². The van der Waals surface area contributed by atoms with Crippen LogP contribution in [0, 0.1) is 0 Å². The summed E-state index contributed by atoms with van der Waals surface area (Å²) >= 11 is 0. The molecule has 0 aliphatic carbocycles. The average Bonchev–Trinajstić information content (AvgIpc) is 2.68. The molecule has 1 heterocycles. The van der Waals surface area contributed by atoms with Gasteiger partial charge < -0.3 is 5.32 Å². The summed E-state index contributed by atoms with van der Waals surface area (Å²) < 4.78 is 26.3. The van der Waals surface area contributed by atoms with Crippen LogP contribution in [0.2, 0.25) is 0 Å². The zero-order valence-electron chi connectivity index (χ0n) is 15.8. The molecule has 0 saturated carbocycles. The number of aromatic nitrogens is 1. The van der Waals surface area contributed by atoms with Crippen molar-refractivity contribution in [1.82, 2.24) is 14.6 Å². The summed E-state index contributed by atoms with van der Waals surface area (Å²) in [6.07, 6.45) is 6.48. The molecule has 1 aromatic carbocycles. The van der Waals surface area contributed by atoms with Gasteiger partial charge in [-0.2, -0.15) is 4.31 Å². The summed E-state index contributed by atoms with van der Waals surface area (Å²) in [5.41, 5.74) is 1.67. The van der Waals surface area contributed by atoms with E-state index in [1.54, 1.807) is 42.7 Å². The first-order valence-electron chi connectivity index (χ1n) is 8.87. The maximum atomic E-state index is 12.5. The third-order valence-corrected chi connectivity index (χ3v) is 6.26. The highest BCUT2D eigenvalue weighted by Gasteiger charge is 2.20. The van der Waals surface area contributed by atoms with Crippen LogP contribution in [0.5, 0.6) is 0 Å². The molecule has 1 unspecified atom stereocenters. The number of benzene rings is 1. The van der Waals surface area contributed by atoms with E-state index >= 15 is 0 Å². The van der Waals surface area contributed by atoms with Crippen molar-refractivity contribution >= 4 is 22.0 Å². The average molecular weight is 388 g/mol. The summed E-state index contributed by atoms with van der Waals surface area (Å²) in [6, 6.07) is 10.1. The fourth-order valence-electron chi connectivity index (χ4n) is 2.61. The lowest BCUT2D eigenvalue weighted by atomic mass is 10.1. The Hall–Kier alpha value is -2.51. The number of nitrogens with zero attached hydrogens (tertiary/aromatic N) is 2. The van der Waals surface area contributed by atoms with Crippen molar-refractivity contribution in [3.05, 3.63) is 66.0 Å². The predicted octanol–water partition coefficient (Wildman–Crippen LogP) is 3.00. The van der Waals surface area contributed by atoms with Crippen LogP contribution in [0.25, 0.3) is 6.08 Å². The van der Waals surface area contributed by atoms with Crippen LogP contribution < -0.4 is 5.32 Å². The number of sulfonamides is 1. The fourth-order valence-corrected chi connectivity index (χ4v) is 4.07. The Labute approximate surface area is 161 Å². The van der Waals surface area contributed by atoms with Crippen LogP contribution in [-0.2, 0) is 14.8 Å². The minimum Gasteiger partial charge on any atom is -0.346 e. The Balaban J connectivity index is 2.02. The Bertz CT molecular complexity index is 874. The zero-order chi connectivity index (χ0) is 19.9. The first kappa shape index (κ1) is 20.8. The highest BCUT2D eigenvalue weighted by molar-refractivity contribution is 7.89. The molecule has 0 aliphatic rings. The molecule has 144 valence electrons.